The summed E-state index contributed by atoms with van der Waals surface area (Å²) in [6.07, 6.45) is 1.99. The minimum absolute atomic E-state index is 0.149. The van der Waals surface area contributed by atoms with E-state index in [1.807, 2.05) is 13.8 Å². The van der Waals surface area contributed by atoms with Crippen LogP contribution in [0.25, 0.3) is 0 Å². The molecule has 0 aromatic rings. The van der Waals surface area contributed by atoms with Crippen molar-refractivity contribution in [2.45, 2.75) is 44.9 Å². The zero-order chi connectivity index (χ0) is 15.2. The van der Waals surface area contributed by atoms with Crippen LogP contribution in [0.1, 0.15) is 26.7 Å². The fourth-order valence-corrected chi connectivity index (χ4v) is 2.49. The van der Waals surface area contributed by atoms with Gasteiger partial charge in [-0.15, -0.1) is 0 Å². The average Bonchev–Trinajstić information content (AvgIpc) is 3.22. The molecule has 1 heterocycles. The molecule has 6 nitrogen and oxygen atoms in total. The highest BCUT2D eigenvalue weighted by atomic mass is 16.5. The number of aliphatic hydroxyl groups is 1. The van der Waals surface area contributed by atoms with Crippen LogP contribution in [0.4, 0.5) is 0 Å². The van der Waals surface area contributed by atoms with Crippen molar-refractivity contribution in [1.82, 2.24) is 15.1 Å². The van der Waals surface area contributed by atoms with Crippen molar-refractivity contribution < 1.29 is 14.6 Å². The van der Waals surface area contributed by atoms with Crippen LogP contribution in [0.15, 0.2) is 0 Å². The van der Waals surface area contributed by atoms with Gasteiger partial charge in [0.2, 0.25) is 5.91 Å². The second kappa shape index (κ2) is 8.08. The number of β-amino-alcohol motifs (C(OH)–C–C–N with tert-alkyl or cyclic N) is 1. The molecule has 6 heteroatoms. The Morgan fingerprint density at radius 2 is 1.86 bits per heavy atom. The lowest BCUT2D eigenvalue weighted by atomic mass is 10.2. The Labute approximate surface area is 127 Å². The Hall–Kier alpha value is -0.690. The maximum absolute atomic E-state index is 11.7. The summed E-state index contributed by atoms with van der Waals surface area (Å²) < 4.78 is 5.42. The molecule has 1 aliphatic carbocycles. The first-order valence-corrected chi connectivity index (χ1v) is 8.06. The average molecular weight is 299 g/mol. The van der Waals surface area contributed by atoms with Crippen molar-refractivity contribution in [2.75, 3.05) is 45.9 Å². The molecule has 2 rings (SSSR count). The lowest BCUT2D eigenvalue weighted by molar-refractivity contribution is -0.122. The molecule has 0 aromatic heterocycles. The lowest BCUT2D eigenvalue weighted by Crippen LogP contribution is -2.51. The van der Waals surface area contributed by atoms with Crippen molar-refractivity contribution >= 4 is 5.91 Å². The van der Waals surface area contributed by atoms with E-state index >= 15 is 0 Å². The third-order valence-electron chi connectivity index (χ3n) is 3.87. The van der Waals surface area contributed by atoms with E-state index in [0.29, 0.717) is 25.7 Å². The maximum atomic E-state index is 11.7. The molecule has 0 aromatic carbocycles. The van der Waals surface area contributed by atoms with Crippen LogP contribution in [-0.4, -0.2) is 84.9 Å². The van der Waals surface area contributed by atoms with Crippen molar-refractivity contribution in [3.8, 4) is 0 Å². The molecular formula is C15H29N3O3. The summed E-state index contributed by atoms with van der Waals surface area (Å²) in [5, 5.41) is 12.9. The van der Waals surface area contributed by atoms with Crippen LogP contribution in [0, 0.1) is 0 Å². The van der Waals surface area contributed by atoms with E-state index in [0.717, 1.165) is 39.0 Å². The number of ether oxygens (including phenoxy) is 1. The second-order valence-electron chi connectivity index (χ2n) is 6.45. The Bertz CT molecular complexity index is 326. The number of nitrogens with one attached hydrogen (secondary N) is 1. The Balaban J connectivity index is 1.57. The lowest BCUT2D eigenvalue weighted by Gasteiger charge is -2.35. The smallest absolute Gasteiger partial charge is 0.234 e. The van der Waals surface area contributed by atoms with Crippen LogP contribution in [0.3, 0.4) is 0 Å². The standard InChI is InChI=1S/C15H29N3O3/c1-12(2)21-11-14(19)9-17-5-7-18(8-6-17)10-15(20)16-13-3-4-13/h12-14,19H,3-11H2,1-2H3,(H,16,20). The molecule has 2 N–H and O–H groups in total. The van der Waals surface area contributed by atoms with Gasteiger partial charge in [0.1, 0.15) is 0 Å². The summed E-state index contributed by atoms with van der Waals surface area (Å²) in [7, 11) is 0. The maximum Gasteiger partial charge on any atom is 0.234 e. The van der Waals surface area contributed by atoms with Crippen LogP contribution in [-0.2, 0) is 9.53 Å². The number of hydrogen-bond acceptors (Lipinski definition) is 5. The minimum Gasteiger partial charge on any atom is -0.389 e. The number of carbonyl (C=O) groups is 1. The number of amides is 1. The van der Waals surface area contributed by atoms with Crippen LogP contribution < -0.4 is 5.32 Å². The number of carbonyl (C=O) groups excluding carboxylic acids is 1. The van der Waals surface area contributed by atoms with Gasteiger partial charge in [0.25, 0.3) is 0 Å². The van der Waals surface area contributed by atoms with Gasteiger partial charge in [0.15, 0.2) is 0 Å². The summed E-state index contributed by atoms with van der Waals surface area (Å²) in [6, 6.07) is 0.440. The van der Waals surface area contributed by atoms with Gasteiger partial charge in [-0.2, -0.15) is 0 Å². The van der Waals surface area contributed by atoms with Gasteiger partial charge < -0.3 is 15.2 Å². The molecule has 1 saturated heterocycles. The van der Waals surface area contributed by atoms with Gasteiger partial charge in [-0.3, -0.25) is 14.6 Å². The van der Waals surface area contributed by atoms with E-state index < -0.39 is 6.10 Å². The fourth-order valence-electron chi connectivity index (χ4n) is 2.49. The number of hydrogen-bond donors (Lipinski definition) is 2. The molecule has 1 saturated carbocycles. The van der Waals surface area contributed by atoms with E-state index in [4.69, 9.17) is 4.74 Å². The molecule has 1 aliphatic heterocycles. The van der Waals surface area contributed by atoms with Gasteiger partial charge in [-0.1, -0.05) is 0 Å². The highest BCUT2D eigenvalue weighted by molar-refractivity contribution is 5.78. The fraction of sp³-hybridized carbons (Fsp3) is 0.933. The van der Waals surface area contributed by atoms with E-state index in [1.165, 1.54) is 0 Å². The Morgan fingerprint density at radius 1 is 1.24 bits per heavy atom. The van der Waals surface area contributed by atoms with Gasteiger partial charge in [0.05, 0.1) is 25.4 Å². The quantitative estimate of drug-likeness (QED) is 0.642. The molecule has 2 fully saturated rings. The molecule has 21 heavy (non-hydrogen) atoms. The van der Waals surface area contributed by atoms with Crippen LogP contribution in [0.2, 0.25) is 0 Å². The molecule has 1 atom stereocenters. The molecule has 0 bridgehead atoms. The van der Waals surface area contributed by atoms with E-state index in [-0.39, 0.29) is 12.0 Å². The van der Waals surface area contributed by atoms with E-state index in [1.54, 1.807) is 0 Å². The first-order valence-electron chi connectivity index (χ1n) is 8.06. The summed E-state index contributed by atoms with van der Waals surface area (Å²) >= 11 is 0. The highest BCUT2D eigenvalue weighted by Gasteiger charge is 2.25. The zero-order valence-corrected chi connectivity index (χ0v) is 13.3. The third-order valence-corrected chi connectivity index (χ3v) is 3.87. The molecule has 1 unspecified atom stereocenters. The molecule has 0 radical (unpaired) electrons. The van der Waals surface area contributed by atoms with Crippen molar-refractivity contribution in [2.24, 2.45) is 0 Å². The van der Waals surface area contributed by atoms with E-state index in [2.05, 4.69) is 15.1 Å². The van der Waals surface area contributed by atoms with Gasteiger partial charge >= 0.3 is 0 Å². The molecule has 2 aliphatic rings. The molecular weight excluding hydrogens is 270 g/mol. The normalized spacial score (nSPS) is 22.5. The SMILES string of the molecule is CC(C)OCC(O)CN1CCN(CC(=O)NC2CC2)CC1. The molecule has 122 valence electrons. The van der Waals surface area contributed by atoms with Gasteiger partial charge in [-0.05, 0) is 26.7 Å². The van der Waals surface area contributed by atoms with Crippen molar-refractivity contribution in [3.63, 3.8) is 0 Å². The predicted molar refractivity (Wildman–Crippen MR) is 81.1 cm³/mol. The topological polar surface area (TPSA) is 65.0 Å². The molecule has 0 spiro atoms. The summed E-state index contributed by atoms with van der Waals surface area (Å²) in [5.41, 5.74) is 0. The number of rotatable bonds is 8. The summed E-state index contributed by atoms with van der Waals surface area (Å²) in [4.78, 5) is 16.2. The number of aliphatic hydroxyl groups excluding tert-OH is 1. The summed E-state index contributed by atoms with van der Waals surface area (Å²) in [6.45, 7) is 9.05. The largest absolute Gasteiger partial charge is 0.389 e. The van der Waals surface area contributed by atoms with Crippen molar-refractivity contribution in [3.05, 3.63) is 0 Å². The van der Waals surface area contributed by atoms with Crippen molar-refractivity contribution in [1.29, 1.82) is 0 Å². The first kappa shape index (κ1) is 16.7. The monoisotopic (exact) mass is 299 g/mol. The first-order chi connectivity index (χ1) is 10.0. The molecule has 1 amide bonds. The van der Waals surface area contributed by atoms with Gasteiger partial charge in [-0.25, -0.2) is 0 Å². The Morgan fingerprint density at radius 3 is 2.43 bits per heavy atom. The van der Waals surface area contributed by atoms with Gasteiger partial charge in [0, 0.05) is 38.8 Å². The van der Waals surface area contributed by atoms with Crippen LogP contribution >= 0.6 is 0 Å². The highest BCUT2D eigenvalue weighted by Crippen LogP contribution is 2.18. The second-order valence-corrected chi connectivity index (χ2v) is 6.45. The minimum atomic E-state index is -0.433. The number of piperazine rings is 1. The zero-order valence-electron chi connectivity index (χ0n) is 13.3. The number of nitrogens with zero attached hydrogens (tertiary/aromatic N) is 2. The van der Waals surface area contributed by atoms with Crippen LogP contribution in [0.5, 0.6) is 0 Å². The predicted octanol–water partition coefficient (Wildman–Crippen LogP) is -0.331. The third kappa shape index (κ3) is 6.74. The Kier molecular flexibility index (Phi) is 6.41. The summed E-state index contributed by atoms with van der Waals surface area (Å²) in [5.74, 6) is 0.149. The van der Waals surface area contributed by atoms with E-state index in [9.17, 15) is 9.90 Å².